The largest absolute Gasteiger partial charge is 0.372 e. The third-order valence-corrected chi connectivity index (χ3v) is 3.59. The van der Waals surface area contributed by atoms with Crippen LogP contribution in [-0.2, 0) is 0 Å². The molecular weight excluding hydrogens is 270 g/mol. The Kier molecular flexibility index (Phi) is 5.81. The van der Waals surface area contributed by atoms with Gasteiger partial charge in [-0.2, -0.15) is 0 Å². The highest BCUT2D eigenvalue weighted by Gasteiger charge is 2.00. The molecule has 0 aromatic heterocycles. The van der Waals surface area contributed by atoms with Crippen LogP contribution in [-0.4, -0.2) is 26.0 Å². The molecule has 0 saturated heterocycles. The topological polar surface area (TPSA) is 18.8 Å². The van der Waals surface area contributed by atoms with Gasteiger partial charge in [0.1, 0.15) is 0 Å². The molecule has 0 saturated carbocycles. The predicted molar refractivity (Wildman–Crippen MR) is 96.7 cm³/mol. The van der Waals surface area contributed by atoms with Gasteiger partial charge in [-0.15, -0.1) is 5.10 Å². The second-order valence-electron chi connectivity index (χ2n) is 5.00. The standard InChI is InChI=1S/C19H23N3/c1-4-22(5-2)19-13-11-17(12-14-19)15-16-20-21(3)18-9-7-6-8-10-18/h6-15H,4-5H2,1-3H3. The van der Waals surface area contributed by atoms with Crippen molar-refractivity contribution in [2.75, 3.05) is 30.0 Å². The van der Waals surface area contributed by atoms with Crippen LogP contribution in [0.5, 0.6) is 0 Å². The van der Waals surface area contributed by atoms with E-state index < -0.39 is 0 Å². The Morgan fingerprint density at radius 2 is 1.55 bits per heavy atom. The Bertz CT molecular complexity index is 621. The Morgan fingerprint density at radius 3 is 2.14 bits per heavy atom. The summed E-state index contributed by atoms with van der Waals surface area (Å²) in [6.45, 7) is 6.39. The summed E-state index contributed by atoms with van der Waals surface area (Å²) in [5, 5.41) is 6.10. The lowest BCUT2D eigenvalue weighted by molar-refractivity contribution is 0.866. The Hall–Kier alpha value is -2.51. The SMILES string of the molecule is CCN(CC)c1ccc(C=C=NN(C)c2ccccc2)cc1. The third kappa shape index (κ3) is 4.24. The van der Waals surface area contributed by atoms with E-state index in [1.54, 1.807) is 5.01 Å². The fraction of sp³-hybridized carbons (Fsp3) is 0.263. The minimum Gasteiger partial charge on any atom is -0.372 e. The first-order valence-electron chi connectivity index (χ1n) is 7.67. The number of para-hydroxylation sites is 1. The molecule has 3 nitrogen and oxygen atoms in total. The zero-order chi connectivity index (χ0) is 15.8. The summed E-state index contributed by atoms with van der Waals surface area (Å²) in [6.07, 6.45) is 1.89. The second-order valence-corrected chi connectivity index (χ2v) is 5.00. The van der Waals surface area contributed by atoms with Gasteiger partial charge in [-0.05, 0) is 43.7 Å². The van der Waals surface area contributed by atoms with Crippen molar-refractivity contribution in [3.05, 3.63) is 60.2 Å². The lowest BCUT2D eigenvalue weighted by atomic mass is 10.2. The number of benzene rings is 2. The highest BCUT2D eigenvalue weighted by Crippen LogP contribution is 2.15. The number of hydrogen-bond donors (Lipinski definition) is 0. The lowest BCUT2D eigenvalue weighted by Gasteiger charge is -2.20. The number of anilines is 2. The van der Waals surface area contributed by atoms with Crippen molar-refractivity contribution >= 4 is 23.3 Å². The number of hydrazone groups is 1. The van der Waals surface area contributed by atoms with Gasteiger partial charge in [-0.1, -0.05) is 30.3 Å². The van der Waals surface area contributed by atoms with E-state index in [1.807, 2.05) is 43.5 Å². The van der Waals surface area contributed by atoms with Crippen LogP contribution in [0.2, 0.25) is 0 Å². The average molecular weight is 293 g/mol. The molecule has 0 atom stereocenters. The van der Waals surface area contributed by atoms with Gasteiger partial charge in [0.2, 0.25) is 0 Å². The first-order valence-corrected chi connectivity index (χ1v) is 7.67. The van der Waals surface area contributed by atoms with Crippen molar-refractivity contribution in [2.45, 2.75) is 13.8 Å². The summed E-state index contributed by atoms with van der Waals surface area (Å²) in [6, 6.07) is 18.5. The molecule has 114 valence electrons. The normalized spacial score (nSPS) is 9.77. The summed E-state index contributed by atoms with van der Waals surface area (Å²) in [4.78, 5) is 2.32. The fourth-order valence-electron chi connectivity index (χ4n) is 2.26. The molecule has 2 aromatic carbocycles. The van der Waals surface area contributed by atoms with Crippen molar-refractivity contribution in [3.63, 3.8) is 0 Å². The van der Waals surface area contributed by atoms with Crippen molar-refractivity contribution < 1.29 is 0 Å². The van der Waals surface area contributed by atoms with Gasteiger partial charge >= 0.3 is 0 Å². The molecule has 0 aliphatic carbocycles. The van der Waals surface area contributed by atoms with Crippen LogP contribution in [0.15, 0.2) is 59.7 Å². The quantitative estimate of drug-likeness (QED) is 0.585. The van der Waals surface area contributed by atoms with E-state index >= 15 is 0 Å². The van der Waals surface area contributed by atoms with Crippen molar-refractivity contribution in [1.82, 2.24) is 0 Å². The number of hydrogen-bond acceptors (Lipinski definition) is 3. The molecule has 0 N–H and O–H groups in total. The van der Waals surface area contributed by atoms with E-state index in [1.165, 1.54) is 5.69 Å². The summed E-state index contributed by atoms with van der Waals surface area (Å²) in [7, 11) is 1.92. The van der Waals surface area contributed by atoms with E-state index in [0.717, 1.165) is 24.3 Å². The van der Waals surface area contributed by atoms with Crippen LogP contribution in [0, 0.1) is 0 Å². The van der Waals surface area contributed by atoms with Gasteiger partial charge in [0, 0.05) is 37.8 Å². The molecule has 0 heterocycles. The molecule has 3 heteroatoms. The van der Waals surface area contributed by atoms with Gasteiger partial charge < -0.3 is 4.90 Å². The number of rotatable bonds is 6. The maximum Gasteiger partial charge on any atom is 0.0597 e. The summed E-state index contributed by atoms with van der Waals surface area (Å²) >= 11 is 0. The van der Waals surface area contributed by atoms with Crippen LogP contribution in [0.4, 0.5) is 11.4 Å². The monoisotopic (exact) mass is 293 g/mol. The maximum atomic E-state index is 4.30. The highest BCUT2D eigenvalue weighted by atomic mass is 15.4. The molecule has 0 spiro atoms. The molecule has 2 rings (SSSR count). The molecule has 0 unspecified atom stereocenters. The van der Waals surface area contributed by atoms with Crippen LogP contribution in [0.25, 0.3) is 6.08 Å². The second kappa shape index (κ2) is 8.06. The molecule has 2 aromatic rings. The zero-order valence-electron chi connectivity index (χ0n) is 13.5. The van der Waals surface area contributed by atoms with Crippen LogP contribution >= 0.6 is 0 Å². The highest BCUT2D eigenvalue weighted by molar-refractivity contribution is 5.79. The smallest absolute Gasteiger partial charge is 0.0597 e. The molecule has 0 fully saturated rings. The Balaban J connectivity index is 2.05. The minimum atomic E-state index is 1.02. The molecule has 22 heavy (non-hydrogen) atoms. The average Bonchev–Trinajstić information content (AvgIpc) is 2.58. The molecule has 0 bridgehead atoms. The molecule has 0 aliphatic rings. The van der Waals surface area contributed by atoms with Gasteiger partial charge in [-0.25, -0.2) is 0 Å². The molecule has 0 radical (unpaired) electrons. The zero-order valence-corrected chi connectivity index (χ0v) is 13.5. The van der Waals surface area contributed by atoms with Gasteiger partial charge in [0.25, 0.3) is 0 Å². The molecule has 0 amide bonds. The Labute approximate surface area is 133 Å². The molecule has 0 aliphatic heterocycles. The fourth-order valence-corrected chi connectivity index (χ4v) is 2.26. The van der Waals surface area contributed by atoms with Crippen molar-refractivity contribution in [2.24, 2.45) is 5.10 Å². The third-order valence-electron chi connectivity index (χ3n) is 3.59. The summed E-state index contributed by atoms with van der Waals surface area (Å²) in [5.41, 5.74) is 3.39. The minimum absolute atomic E-state index is 1.02. The maximum absolute atomic E-state index is 4.30. The van der Waals surface area contributed by atoms with E-state index in [9.17, 15) is 0 Å². The van der Waals surface area contributed by atoms with Gasteiger partial charge in [0.15, 0.2) is 0 Å². The van der Waals surface area contributed by atoms with E-state index in [-0.39, 0.29) is 0 Å². The Morgan fingerprint density at radius 1 is 0.909 bits per heavy atom. The first kappa shape index (κ1) is 15.9. The van der Waals surface area contributed by atoms with Crippen LogP contribution in [0.1, 0.15) is 19.4 Å². The van der Waals surface area contributed by atoms with Gasteiger partial charge in [0.05, 0.1) is 5.69 Å². The molecular formula is C19H23N3. The number of nitrogens with zero attached hydrogens (tertiary/aromatic N) is 3. The van der Waals surface area contributed by atoms with Crippen LogP contribution < -0.4 is 9.91 Å². The van der Waals surface area contributed by atoms with Crippen molar-refractivity contribution in [1.29, 1.82) is 0 Å². The van der Waals surface area contributed by atoms with E-state index in [0.29, 0.717) is 0 Å². The van der Waals surface area contributed by atoms with Gasteiger partial charge in [-0.3, -0.25) is 5.01 Å². The summed E-state index contributed by atoms with van der Waals surface area (Å²) < 4.78 is 0. The van der Waals surface area contributed by atoms with Crippen LogP contribution in [0.3, 0.4) is 0 Å². The predicted octanol–water partition coefficient (Wildman–Crippen LogP) is 4.27. The van der Waals surface area contributed by atoms with E-state index in [4.69, 9.17) is 0 Å². The summed E-state index contributed by atoms with van der Waals surface area (Å²) in [5.74, 6) is 2.99. The first-order chi connectivity index (χ1) is 10.7. The van der Waals surface area contributed by atoms with Crippen molar-refractivity contribution in [3.8, 4) is 0 Å². The lowest BCUT2D eigenvalue weighted by Crippen LogP contribution is -2.21. The van der Waals surface area contributed by atoms with E-state index in [2.05, 4.69) is 54.0 Å².